The number of nitriles is 1. The van der Waals surface area contributed by atoms with Crippen molar-refractivity contribution in [3.63, 3.8) is 0 Å². The number of hydrogen-bond acceptors (Lipinski definition) is 7. The summed E-state index contributed by atoms with van der Waals surface area (Å²) in [4.78, 5) is 11.0. The molecule has 7 nitrogen and oxygen atoms in total. The minimum absolute atomic E-state index is 0.0193. The number of anilines is 1. The molecule has 1 atom stereocenters. The van der Waals surface area contributed by atoms with E-state index in [-0.39, 0.29) is 5.92 Å². The Balaban J connectivity index is 2.18. The number of rotatable bonds is 4. The first-order valence-corrected chi connectivity index (χ1v) is 7.81. The summed E-state index contributed by atoms with van der Waals surface area (Å²) >= 11 is 0. The van der Waals surface area contributed by atoms with E-state index >= 15 is 0 Å². The molecule has 1 saturated heterocycles. The fourth-order valence-electron chi connectivity index (χ4n) is 3.18. The Labute approximate surface area is 140 Å². The highest BCUT2D eigenvalue weighted by atomic mass is 16.5. The Morgan fingerprint density at radius 2 is 1.96 bits per heavy atom. The second-order valence-electron chi connectivity index (χ2n) is 5.65. The highest BCUT2D eigenvalue weighted by Gasteiger charge is 2.25. The molecular formula is C17H20N4O3. The highest BCUT2D eigenvalue weighted by Crippen LogP contribution is 2.44. The van der Waals surface area contributed by atoms with Crippen LogP contribution in [0.4, 0.5) is 5.82 Å². The first-order chi connectivity index (χ1) is 11.7. The van der Waals surface area contributed by atoms with Crippen LogP contribution in [0.15, 0.2) is 12.4 Å². The van der Waals surface area contributed by atoms with Gasteiger partial charge in [0.15, 0.2) is 11.5 Å². The Morgan fingerprint density at radius 1 is 1.17 bits per heavy atom. The lowest BCUT2D eigenvalue weighted by molar-refractivity contribution is 0.327. The fraction of sp³-hybridized carbons (Fsp3) is 0.471. The molecule has 126 valence electrons. The molecule has 1 unspecified atom stereocenters. The van der Waals surface area contributed by atoms with Gasteiger partial charge in [0.2, 0.25) is 5.75 Å². The van der Waals surface area contributed by atoms with Gasteiger partial charge in [-0.15, -0.1) is 0 Å². The summed E-state index contributed by atoms with van der Waals surface area (Å²) in [5.41, 5.74) is 0.666. The quantitative estimate of drug-likeness (QED) is 0.852. The zero-order valence-corrected chi connectivity index (χ0v) is 14.1. The monoisotopic (exact) mass is 328 g/mol. The Morgan fingerprint density at radius 3 is 2.62 bits per heavy atom. The van der Waals surface area contributed by atoms with Crippen molar-refractivity contribution >= 4 is 16.7 Å². The number of methoxy groups -OCH3 is 3. The topological polar surface area (TPSA) is 80.5 Å². The zero-order chi connectivity index (χ0) is 17.1. The van der Waals surface area contributed by atoms with Crippen molar-refractivity contribution in [1.29, 1.82) is 5.26 Å². The minimum atomic E-state index is 0.0193. The first-order valence-electron chi connectivity index (χ1n) is 7.81. The predicted octanol–water partition coefficient (Wildman–Crippen LogP) is 2.40. The van der Waals surface area contributed by atoms with Gasteiger partial charge in [0, 0.05) is 13.1 Å². The van der Waals surface area contributed by atoms with Crippen LogP contribution in [0.2, 0.25) is 0 Å². The van der Waals surface area contributed by atoms with Crippen molar-refractivity contribution in [2.45, 2.75) is 12.8 Å². The summed E-state index contributed by atoms with van der Waals surface area (Å²) in [5.74, 6) is 2.40. The molecule has 24 heavy (non-hydrogen) atoms. The van der Waals surface area contributed by atoms with Crippen LogP contribution in [-0.4, -0.2) is 44.4 Å². The van der Waals surface area contributed by atoms with Gasteiger partial charge in [-0.25, -0.2) is 9.97 Å². The predicted molar refractivity (Wildman–Crippen MR) is 89.7 cm³/mol. The molecule has 3 rings (SSSR count). The molecule has 7 heteroatoms. The Kier molecular flexibility index (Phi) is 4.56. The average Bonchev–Trinajstić information content (AvgIpc) is 2.65. The molecule has 0 saturated carbocycles. The minimum Gasteiger partial charge on any atom is -0.493 e. The van der Waals surface area contributed by atoms with Gasteiger partial charge in [-0.3, -0.25) is 0 Å². The fourth-order valence-corrected chi connectivity index (χ4v) is 3.18. The van der Waals surface area contributed by atoms with Crippen LogP contribution in [0.5, 0.6) is 17.2 Å². The summed E-state index contributed by atoms with van der Waals surface area (Å²) in [6.07, 6.45) is 3.41. The third-order valence-corrected chi connectivity index (χ3v) is 4.32. The molecule has 0 amide bonds. The van der Waals surface area contributed by atoms with Crippen molar-refractivity contribution in [2.24, 2.45) is 5.92 Å². The van der Waals surface area contributed by atoms with Crippen LogP contribution in [0.25, 0.3) is 10.9 Å². The number of hydrogen-bond donors (Lipinski definition) is 0. The highest BCUT2D eigenvalue weighted by molar-refractivity contribution is 5.97. The lowest BCUT2D eigenvalue weighted by Gasteiger charge is -2.31. The van der Waals surface area contributed by atoms with Gasteiger partial charge in [0.25, 0.3) is 0 Å². The molecule has 2 heterocycles. The number of piperidine rings is 1. The summed E-state index contributed by atoms with van der Waals surface area (Å²) < 4.78 is 16.4. The smallest absolute Gasteiger partial charge is 0.205 e. The van der Waals surface area contributed by atoms with Gasteiger partial charge in [0.1, 0.15) is 17.7 Å². The van der Waals surface area contributed by atoms with Crippen LogP contribution >= 0.6 is 0 Å². The van der Waals surface area contributed by atoms with E-state index < -0.39 is 0 Å². The molecule has 1 aromatic carbocycles. The zero-order valence-electron chi connectivity index (χ0n) is 14.1. The number of nitrogens with zero attached hydrogens (tertiary/aromatic N) is 4. The van der Waals surface area contributed by atoms with Crippen LogP contribution < -0.4 is 19.1 Å². The normalized spacial score (nSPS) is 17.4. The van der Waals surface area contributed by atoms with Crippen molar-refractivity contribution in [1.82, 2.24) is 9.97 Å². The van der Waals surface area contributed by atoms with Gasteiger partial charge >= 0.3 is 0 Å². The molecule has 2 aromatic rings. The molecule has 0 bridgehead atoms. The first kappa shape index (κ1) is 16.1. The maximum absolute atomic E-state index is 9.24. The average molecular weight is 328 g/mol. The van der Waals surface area contributed by atoms with Gasteiger partial charge in [-0.2, -0.15) is 5.26 Å². The van der Waals surface area contributed by atoms with E-state index in [1.165, 1.54) is 6.33 Å². The Bertz CT molecular complexity index is 787. The van der Waals surface area contributed by atoms with E-state index in [9.17, 15) is 5.26 Å². The van der Waals surface area contributed by atoms with Crippen LogP contribution in [0.1, 0.15) is 12.8 Å². The number of aromatic nitrogens is 2. The lowest BCUT2D eigenvalue weighted by Crippen LogP contribution is -2.35. The maximum Gasteiger partial charge on any atom is 0.205 e. The number of fused-ring (bicyclic) bond motifs is 1. The third-order valence-electron chi connectivity index (χ3n) is 4.32. The van der Waals surface area contributed by atoms with Crippen molar-refractivity contribution < 1.29 is 14.2 Å². The molecule has 1 aromatic heterocycles. The van der Waals surface area contributed by atoms with E-state index in [4.69, 9.17) is 14.2 Å². The number of benzene rings is 1. The van der Waals surface area contributed by atoms with E-state index in [0.717, 1.165) is 30.6 Å². The maximum atomic E-state index is 9.24. The van der Waals surface area contributed by atoms with Crippen molar-refractivity contribution in [3.8, 4) is 23.3 Å². The summed E-state index contributed by atoms with van der Waals surface area (Å²) in [5, 5.41) is 10.1. The second kappa shape index (κ2) is 6.79. The second-order valence-corrected chi connectivity index (χ2v) is 5.65. The van der Waals surface area contributed by atoms with Crippen LogP contribution in [-0.2, 0) is 0 Å². The van der Waals surface area contributed by atoms with Gasteiger partial charge in [-0.1, -0.05) is 0 Å². The summed E-state index contributed by atoms with van der Waals surface area (Å²) in [6.45, 7) is 1.53. The molecule has 1 fully saturated rings. The van der Waals surface area contributed by atoms with E-state index in [0.29, 0.717) is 29.3 Å². The van der Waals surface area contributed by atoms with Crippen molar-refractivity contribution in [3.05, 3.63) is 12.4 Å². The molecule has 0 radical (unpaired) electrons. The van der Waals surface area contributed by atoms with E-state index in [1.54, 1.807) is 21.3 Å². The molecule has 1 aliphatic heterocycles. The van der Waals surface area contributed by atoms with Gasteiger partial charge in [0.05, 0.1) is 38.7 Å². The van der Waals surface area contributed by atoms with Crippen molar-refractivity contribution in [2.75, 3.05) is 39.3 Å². The SMILES string of the molecule is COc1cc2c(N3CCCC(C#N)C3)ncnc2c(OC)c1OC. The summed E-state index contributed by atoms with van der Waals surface area (Å²) in [7, 11) is 4.72. The summed E-state index contributed by atoms with van der Waals surface area (Å²) in [6, 6.07) is 4.22. The lowest BCUT2D eigenvalue weighted by atomic mass is 9.99. The molecule has 0 spiro atoms. The van der Waals surface area contributed by atoms with Gasteiger partial charge in [-0.05, 0) is 18.9 Å². The third kappa shape index (κ3) is 2.64. The largest absolute Gasteiger partial charge is 0.493 e. The number of ether oxygens (including phenoxy) is 3. The Hall–Kier alpha value is -2.75. The van der Waals surface area contributed by atoms with Gasteiger partial charge < -0.3 is 19.1 Å². The standard InChI is InChI=1S/C17H20N4O3/c1-22-13-7-12-14(16(24-3)15(13)23-2)19-10-20-17(12)21-6-4-5-11(8-18)9-21/h7,10-11H,4-6,9H2,1-3H3. The molecular weight excluding hydrogens is 308 g/mol. The van der Waals surface area contributed by atoms with E-state index in [2.05, 4.69) is 20.9 Å². The van der Waals surface area contributed by atoms with Crippen LogP contribution in [0, 0.1) is 17.2 Å². The molecule has 0 aliphatic carbocycles. The molecule has 1 aliphatic rings. The molecule has 0 N–H and O–H groups in total. The van der Waals surface area contributed by atoms with E-state index in [1.807, 2.05) is 6.07 Å². The van der Waals surface area contributed by atoms with Crippen LogP contribution in [0.3, 0.4) is 0 Å².